The van der Waals surface area contributed by atoms with Crippen LogP contribution in [0.25, 0.3) is 0 Å². The van der Waals surface area contributed by atoms with E-state index in [0.29, 0.717) is 10.7 Å². The number of carbonyl (C=O) groups excluding carboxylic acids is 1. The molecular weight excluding hydrogens is 288 g/mol. The fourth-order valence-corrected chi connectivity index (χ4v) is 1.78. The number of nitrogens with zero attached hydrogens (tertiary/aromatic N) is 2. The van der Waals surface area contributed by atoms with Gasteiger partial charge in [0.1, 0.15) is 10.7 Å². The lowest BCUT2D eigenvalue weighted by atomic mass is 10.3. The summed E-state index contributed by atoms with van der Waals surface area (Å²) in [5, 5.41) is 1.21. The van der Waals surface area contributed by atoms with Gasteiger partial charge in [0.05, 0.1) is 0 Å². The molecule has 3 nitrogen and oxygen atoms in total. The molecule has 0 aromatic heterocycles. The smallest absolute Gasteiger partial charge is 0.244 e. The van der Waals surface area contributed by atoms with Crippen LogP contribution in [0.4, 0.5) is 4.79 Å². The Bertz CT molecular complexity index is 438. The lowest BCUT2D eigenvalue weighted by Gasteiger charge is -1.89. The highest BCUT2D eigenvalue weighted by molar-refractivity contribution is 9.11. The van der Waals surface area contributed by atoms with E-state index in [1.54, 1.807) is 0 Å². The Morgan fingerprint density at radius 2 is 1.42 bits per heavy atom. The molecule has 0 bridgehead atoms. The fraction of sp³-hybridized carbons (Fsp3) is 0. The second-order valence-corrected chi connectivity index (χ2v) is 3.94. The molecular formula is C7H2Br2N2O. The van der Waals surface area contributed by atoms with E-state index < -0.39 is 6.03 Å². The summed E-state index contributed by atoms with van der Waals surface area (Å²) in [7, 11) is 0. The number of rotatable bonds is 0. The number of benzene rings is 1. The van der Waals surface area contributed by atoms with Gasteiger partial charge in [-0.15, -0.1) is 0 Å². The van der Waals surface area contributed by atoms with E-state index in [2.05, 4.69) is 41.8 Å². The van der Waals surface area contributed by atoms with Crippen LogP contribution in [0.2, 0.25) is 0 Å². The van der Waals surface area contributed by atoms with E-state index in [4.69, 9.17) is 0 Å². The van der Waals surface area contributed by atoms with Crippen molar-refractivity contribution in [1.29, 1.82) is 0 Å². The quantitative estimate of drug-likeness (QED) is 0.715. The van der Waals surface area contributed by atoms with Crippen LogP contribution < -0.4 is 10.7 Å². The highest BCUT2D eigenvalue weighted by Gasteiger charge is 2.09. The topological polar surface area (TPSA) is 41.8 Å². The first-order valence-corrected chi connectivity index (χ1v) is 4.72. The zero-order chi connectivity index (χ0) is 8.72. The minimum absolute atomic E-state index is 0.447. The summed E-state index contributed by atoms with van der Waals surface area (Å²) in [6.45, 7) is 0. The van der Waals surface area contributed by atoms with Crippen LogP contribution in [-0.2, 0) is 0 Å². The van der Waals surface area contributed by atoms with Gasteiger partial charge in [-0.25, -0.2) is 4.79 Å². The maximum Gasteiger partial charge on any atom is 0.368 e. The summed E-state index contributed by atoms with van der Waals surface area (Å²) in [5.41, 5.74) is 0. The van der Waals surface area contributed by atoms with Gasteiger partial charge in [-0.1, -0.05) is 0 Å². The summed E-state index contributed by atoms with van der Waals surface area (Å²) < 4.78 is 1.57. The SMILES string of the molecule is O=C1N=c2c(Br)ccc(Br)c2=N1. The standard InChI is InChI=1S/C7H2Br2N2O/c8-3-1-2-4(9)6-5(3)10-7(12)11-6/h1-2H. The van der Waals surface area contributed by atoms with Crippen LogP contribution in [-0.4, -0.2) is 6.03 Å². The number of fused-ring (bicyclic) bond motifs is 1. The van der Waals surface area contributed by atoms with E-state index in [9.17, 15) is 4.79 Å². The van der Waals surface area contributed by atoms with Crippen molar-refractivity contribution in [1.82, 2.24) is 0 Å². The van der Waals surface area contributed by atoms with Crippen LogP contribution in [0.15, 0.2) is 31.1 Å². The van der Waals surface area contributed by atoms with Crippen molar-refractivity contribution in [3.05, 3.63) is 31.8 Å². The Morgan fingerprint density at radius 3 is 1.83 bits per heavy atom. The molecule has 0 unspecified atom stereocenters. The van der Waals surface area contributed by atoms with Gasteiger partial charge < -0.3 is 0 Å². The second kappa shape index (κ2) is 2.74. The molecule has 0 saturated carbocycles. The molecule has 0 aliphatic carbocycles. The van der Waals surface area contributed by atoms with Crippen molar-refractivity contribution in [2.45, 2.75) is 0 Å². The molecule has 0 radical (unpaired) electrons. The summed E-state index contributed by atoms with van der Waals surface area (Å²) in [6.07, 6.45) is 0. The molecule has 0 N–H and O–H groups in total. The third-order valence-corrected chi connectivity index (χ3v) is 2.75. The largest absolute Gasteiger partial charge is 0.368 e. The molecule has 5 heteroatoms. The lowest BCUT2D eigenvalue weighted by Crippen LogP contribution is -2.24. The first-order chi connectivity index (χ1) is 5.68. The van der Waals surface area contributed by atoms with Crippen LogP contribution in [0, 0.1) is 0 Å². The Labute approximate surface area is 84.5 Å². The van der Waals surface area contributed by atoms with Gasteiger partial charge in [0.2, 0.25) is 0 Å². The van der Waals surface area contributed by atoms with E-state index in [1.165, 1.54) is 0 Å². The van der Waals surface area contributed by atoms with Crippen molar-refractivity contribution in [3.8, 4) is 0 Å². The van der Waals surface area contributed by atoms with Crippen molar-refractivity contribution < 1.29 is 4.79 Å². The Hall–Kier alpha value is -0.550. The Balaban J connectivity index is 3.00. The third kappa shape index (κ3) is 1.13. The normalized spacial score (nSPS) is 13.7. The number of carbonyl (C=O) groups is 1. The first-order valence-electron chi connectivity index (χ1n) is 3.14. The molecule has 1 heterocycles. The number of urea groups is 1. The van der Waals surface area contributed by atoms with Crippen LogP contribution in [0.5, 0.6) is 0 Å². The van der Waals surface area contributed by atoms with Crippen LogP contribution >= 0.6 is 31.9 Å². The van der Waals surface area contributed by atoms with Crippen LogP contribution in [0.3, 0.4) is 0 Å². The summed E-state index contributed by atoms with van der Waals surface area (Å²) in [6, 6.07) is 3.19. The van der Waals surface area contributed by atoms with Gasteiger partial charge in [0, 0.05) is 8.95 Å². The zero-order valence-electron chi connectivity index (χ0n) is 5.71. The van der Waals surface area contributed by atoms with Crippen molar-refractivity contribution in [2.24, 2.45) is 9.98 Å². The molecule has 2 amide bonds. The molecule has 12 heavy (non-hydrogen) atoms. The first kappa shape index (κ1) is 8.07. The van der Waals surface area contributed by atoms with Crippen molar-refractivity contribution in [3.63, 3.8) is 0 Å². The predicted octanol–water partition coefficient (Wildman–Crippen LogP) is 1.58. The van der Waals surface area contributed by atoms with Gasteiger partial charge in [0.15, 0.2) is 0 Å². The van der Waals surface area contributed by atoms with Gasteiger partial charge in [-0.05, 0) is 44.0 Å². The second-order valence-electron chi connectivity index (χ2n) is 2.23. The molecule has 60 valence electrons. The average Bonchev–Trinajstić information content (AvgIpc) is 2.41. The van der Waals surface area contributed by atoms with Crippen LogP contribution in [0.1, 0.15) is 0 Å². The minimum Gasteiger partial charge on any atom is -0.244 e. The minimum atomic E-state index is -0.447. The summed E-state index contributed by atoms with van der Waals surface area (Å²) in [5.74, 6) is 0. The maximum absolute atomic E-state index is 10.8. The summed E-state index contributed by atoms with van der Waals surface area (Å²) >= 11 is 6.56. The highest BCUT2D eigenvalue weighted by atomic mass is 79.9. The maximum atomic E-state index is 10.8. The van der Waals surface area contributed by atoms with E-state index in [-0.39, 0.29) is 0 Å². The molecule has 1 aliphatic heterocycles. The van der Waals surface area contributed by atoms with Gasteiger partial charge in [0.25, 0.3) is 0 Å². The summed E-state index contributed by atoms with van der Waals surface area (Å²) in [4.78, 5) is 18.3. The molecule has 1 aromatic rings. The fourth-order valence-electron chi connectivity index (χ4n) is 0.959. The van der Waals surface area contributed by atoms with Crippen molar-refractivity contribution >= 4 is 37.9 Å². The van der Waals surface area contributed by atoms with Gasteiger partial charge in [-0.3, -0.25) is 0 Å². The molecule has 0 saturated heterocycles. The molecule has 1 aromatic carbocycles. The van der Waals surface area contributed by atoms with Gasteiger partial charge in [-0.2, -0.15) is 9.98 Å². The molecule has 0 spiro atoms. The average molecular weight is 290 g/mol. The third-order valence-electron chi connectivity index (χ3n) is 1.47. The molecule has 0 atom stereocenters. The van der Waals surface area contributed by atoms with E-state index >= 15 is 0 Å². The van der Waals surface area contributed by atoms with Gasteiger partial charge >= 0.3 is 6.03 Å². The molecule has 0 fully saturated rings. The van der Waals surface area contributed by atoms with Crippen molar-refractivity contribution in [2.75, 3.05) is 0 Å². The monoisotopic (exact) mass is 288 g/mol. The zero-order valence-corrected chi connectivity index (χ0v) is 8.89. The molecule has 1 aliphatic rings. The highest BCUT2D eigenvalue weighted by Crippen LogP contribution is 2.07. The number of hydrogen-bond acceptors (Lipinski definition) is 1. The number of halogens is 2. The lowest BCUT2D eigenvalue weighted by molar-refractivity contribution is 0.256. The Kier molecular flexibility index (Phi) is 1.84. The molecule has 2 rings (SSSR count). The number of hydrogen-bond donors (Lipinski definition) is 0. The number of amides is 2. The van der Waals surface area contributed by atoms with E-state index in [1.807, 2.05) is 12.1 Å². The Morgan fingerprint density at radius 1 is 1.00 bits per heavy atom. The predicted molar refractivity (Wildman–Crippen MR) is 49.6 cm³/mol. The van der Waals surface area contributed by atoms with E-state index in [0.717, 1.165) is 8.95 Å².